The van der Waals surface area contributed by atoms with Crippen molar-refractivity contribution < 1.29 is 13.2 Å². The largest absolute Gasteiger partial charge is 0.416 e. The van der Waals surface area contributed by atoms with Crippen LogP contribution >= 0.6 is 0 Å². The third-order valence-corrected chi connectivity index (χ3v) is 6.50. The number of H-pyrrole nitrogens is 1. The van der Waals surface area contributed by atoms with E-state index in [1.165, 1.54) is 22.7 Å². The SMILES string of the molecule is CCc1[nH]c2ccc(CCc3ccc(C4CCCC4)c(C(F)(F)F)c3)cc2c1C. The van der Waals surface area contributed by atoms with Gasteiger partial charge in [0.25, 0.3) is 0 Å². The van der Waals surface area contributed by atoms with Gasteiger partial charge in [0.05, 0.1) is 5.56 Å². The van der Waals surface area contributed by atoms with Crippen molar-refractivity contribution in [2.45, 2.75) is 70.9 Å². The van der Waals surface area contributed by atoms with Crippen LogP contribution in [0.1, 0.15) is 72.0 Å². The lowest BCUT2D eigenvalue weighted by molar-refractivity contribution is -0.138. The van der Waals surface area contributed by atoms with E-state index in [1.807, 2.05) is 6.07 Å². The molecule has 154 valence electrons. The van der Waals surface area contributed by atoms with Crippen LogP contribution in [-0.4, -0.2) is 4.98 Å². The highest BCUT2D eigenvalue weighted by molar-refractivity contribution is 5.85. The fourth-order valence-corrected chi connectivity index (χ4v) is 4.82. The summed E-state index contributed by atoms with van der Waals surface area (Å²) in [5.41, 5.74) is 5.64. The first-order valence-electron chi connectivity index (χ1n) is 10.7. The number of hydrogen-bond acceptors (Lipinski definition) is 0. The number of aromatic amines is 1. The van der Waals surface area contributed by atoms with Crippen LogP contribution in [-0.2, 0) is 25.4 Å². The number of fused-ring (bicyclic) bond motifs is 1. The number of aryl methyl sites for hydroxylation is 4. The molecule has 4 rings (SSSR count). The van der Waals surface area contributed by atoms with Crippen LogP contribution < -0.4 is 0 Å². The van der Waals surface area contributed by atoms with Crippen LogP contribution in [0.4, 0.5) is 13.2 Å². The highest BCUT2D eigenvalue weighted by Crippen LogP contribution is 2.42. The third-order valence-electron chi connectivity index (χ3n) is 6.50. The predicted octanol–water partition coefficient (Wildman–Crippen LogP) is 7.50. The molecule has 3 aromatic rings. The maximum atomic E-state index is 13.7. The Balaban J connectivity index is 1.56. The van der Waals surface area contributed by atoms with Gasteiger partial charge in [-0.05, 0) is 85.4 Å². The molecule has 1 nitrogen and oxygen atoms in total. The Bertz CT molecular complexity index is 1010. The molecule has 1 fully saturated rings. The summed E-state index contributed by atoms with van der Waals surface area (Å²) in [7, 11) is 0. The van der Waals surface area contributed by atoms with E-state index >= 15 is 0 Å². The van der Waals surface area contributed by atoms with Crippen molar-refractivity contribution >= 4 is 10.9 Å². The van der Waals surface area contributed by atoms with Gasteiger partial charge in [-0.15, -0.1) is 0 Å². The fourth-order valence-electron chi connectivity index (χ4n) is 4.82. The monoisotopic (exact) mass is 399 g/mol. The van der Waals surface area contributed by atoms with E-state index in [2.05, 4.69) is 37.0 Å². The maximum absolute atomic E-state index is 13.7. The maximum Gasteiger partial charge on any atom is 0.416 e. The van der Waals surface area contributed by atoms with E-state index in [9.17, 15) is 13.2 Å². The molecular formula is C25H28F3N. The minimum absolute atomic E-state index is 0.0624. The van der Waals surface area contributed by atoms with Gasteiger partial charge in [0.2, 0.25) is 0 Å². The number of rotatable bonds is 5. The highest BCUT2D eigenvalue weighted by atomic mass is 19.4. The number of hydrogen-bond donors (Lipinski definition) is 1. The van der Waals surface area contributed by atoms with Crippen LogP contribution in [0.25, 0.3) is 10.9 Å². The summed E-state index contributed by atoms with van der Waals surface area (Å²) in [6, 6.07) is 11.4. The van der Waals surface area contributed by atoms with Gasteiger partial charge in [-0.1, -0.05) is 38.0 Å². The number of aromatic nitrogens is 1. The van der Waals surface area contributed by atoms with E-state index in [-0.39, 0.29) is 5.92 Å². The quantitative estimate of drug-likeness (QED) is 0.457. The van der Waals surface area contributed by atoms with Crippen molar-refractivity contribution in [3.63, 3.8) is 0 Å². The summed E-state index contributed by atoms with van der Waals surface area (Å²) < 4.78 is 41.1. The molecule has 0 atom stereocenters. The van der Waals surface area contributed by atoms with E-state index in [0.717, 1.165) is 55.2 Å². The number of nitrogens with one attached hydrogen (secondary N) is 1. The Kier molecular flexibility index (Phi) is 5.46. The molecule has 4 heteroatoms. The minimum atomic E-state index is -4.29. The van der Waals surface area contributed by atoms with Crippen molar-refractivity contribution in [3.05, 3.63) is 69.9 Å². The summed E-state index contributed by atoms with van der Waals surface area (Å²) >= 11 is 0. The van der Waals surface area contributed by atoms with Crippen molar-refractivity contribution in [2.75, 3.05) is 0 Å². The zero-order valence-electron chi connectivity index (χ0n) is 17.1. The zero-order chi connectivity index (χ0) is 20.6. The second-order valence-electron chi connectivity index (χ2n) is 8.36. The third kappa shape index (κ3) is 4.08. The van der Waals surface area contributed by atoms with Crippen LogP contribution in [0, 0.1) is 6.92 Å². The minimum Gasteiger partial charge on any atom is -0.358 e. The fraction of sp³-hybridized carbons (Fsp3) is 0.440. The molecule has 29 heavy (non-hydrogen) atoms. The molecule has 1 heterocycles. The molecule has 0 spiro atoms. The summed E-state index contributed by atoms with van der Waals surface area (Å²) in [4.78, 5) is 3.45. The van der Waals surface area contributed by atoms with Crippen molar-refractivity contribution in [3.8, 4) is 0 Å². The summed E-state index contributed by atoms with van der Waals surface area (Å²) in [6.45, 7) is 4.25. The van der Waals surface area contributed by atoms with Gasteiger partial charge in [0.15, 0.2) is 0 Å². The van der Waals surface area contributed by atoms with Gasteiger partial charge >= 0.3 is 6.18 Å². The first kappa shape index (κ1) is 20.1. The molecule has 1 N–H and O–H groups in total. The van der Waals surface area contributed by atoms with Crippen molar-refractivity contribution in [1.29, 1.82) is 0 Å². The molecular weight excluding hydrogens is 371 g/mol. The highest BCUT2D eigenvalue weighted by Gasteiger charge is 2.36. The predicted molar refractivity (Wildman–Crippen MR) is 112 cm³/mol. The first-order chi connectivity index (χ1) is 13.9. The van der Waals surface area contributed by atoms with Crippen LogP contribution in [0.3, 0.4) is 0 Å². The zero-order valence-corrected chi connectivity index (χ0v) is 17.1. The Morgan fingerprint density at radius 2 is 1.62 bits per heavy atom. The number of benzene rings is 2. The molecule has 0 aliphatic heterocycles. The van der Waals surface area contributed by atoms with Gasteiger partial charge in [-0.2, -0.15) is 13.2 Å². The van der Waals surface area contributed by atoms with Crippen molar-refractivity contribution in [2.24, 2.45) is 0 Å². The Labute approximate surface area is 170 Å². The van der Waals surface area contributed by atoms with Crippen LogP contribution in [0.15, 0.2) is 36.4 Å². The second-order valence-corrected chi connectivity index (χ2v) is 8.36. The Morgan fingerprint density at radius 3 is 2.28 bits per heavy atom. The molecule has 0 radical (unpaired) electrons. The first-order valence-corrected chi connectivity index (χ1v) is 10.7. The van der Waals surface area contributed by atoms with Gasteiger partial charge in [-0.3, -0.25) is 0 Å². The van der Waals surface area contributed by atoms with Gasteiger partial charge in [-0.25, -0.2) is 0 Å². The molecule has 0 saturated heterocycles. The van der Waals surface area contributed by atoms with Crippen LogP contribution in [0.2, 0.25) is 0 Å². The molecule has 0 bridgehead atoms. The smallest absolute Gasteiger partial charge is 0.358 e. The average Bonchev–Trinajstić information content (AvgIpc) is 3.34. The van der Waals surface area contributed by atoms with E-state index < -0.39 is 11.7 Å². The Morgan fingerprint density at radius 1 is 0.966 bits per heavy atom. The number of alkyl halides is 3. The van der Waals surface area contributed by atoms with Gasteiger partial charge < -0.3 is 4.98 Å². The molecule has 1 saturated carbocycles. The lowest BCUT2D eigenvalue weighted by atomic mass is 9.90. The lowest BCUT2D eigenvalue weighted by Crippen LogP contribution is -2.12. The molecule has 0 amide bonds. The summed E-state index contributed by atoms with van der Waals surface area (Å²) in [5, 5.41) is 1.21. The van der Waals surface area contributed by atoms with Crippen LogP contribution in [0.5, 0.6) is 0 Å². The van der Waals surface area contributed by atoms with E-state index in [0.29, 0.717) is 12.0 Å². The normalized spacial score (nSPS) is 15.5. The Hall–Kier alpha value is -2.23. The van der Waals surface area contributed by atoms with Gasteiger partial charge in [0, 0.05) is 16.6 Å². The second kappa shape index (κ2) is 7.89. The topological polar surface area (TPSA) is 15.8 Å². The molecule has 1 aromatic heterocycles. The summed E-state index contributed by atoms with van der Waals surface area (Å²) in [5.74, 6) is 0.0624. The number of halogens is 3. The standard InChI is InChI=1S/C25H28F3N/c1-3-23-16(2)21-14-17(11-13-24(21)29-23)8-9-18-10-12-20(19-6-4-5-7-19)22(15-18)25(26,27)28/h10-15,19,29H,3-9H2,1-2H3. The van der Waals surface area contributed by atoms with Crippen molar-refractivity contribution in [1.82, 2.24) is 4.98 Å². The van der Waals surface area contributed by atoms with Gasteiger partial charge in [0.1, 0.15) is 0 Å². The molecule has 0 unspecified atom stereocenters. The molecule has 1 aliphatic carbocycles. The summed E-state index contributed by atoms with van der Waals surface area (Å²) in [6.07, 6.45) is 1.84. The van der Waals surface area contributed by atoms with E-state index in [4.69, 9.17) is 0 Å². The molecule has 2 aromatic carbocycles. The van der Waals surface area contributed by atoms with E-state index in [1.54, 1.807) is 6.07 Å². The lowest BCUT2D eigenvalue weighted by Gasteiger charge is -2.19. The average molecular weight is 400 g/mol. The molecule has 1 aliphatic rings.